The second-order valence-electron chi connectivity index (χ2n) is 11.8. The van der Waals surface area contributed by atoms with Crippen molar-refractivity contribution in [3.05, 3.63) is 83.4 Å². The molecule has 0 radical (unpaired) electrons. The summed E-state index contributed by atoms with van der Waals surface area (Å²) in [4.78, 5) is 38.3. The van der Waals surface area contributed by atoms with E-state index >= 15 is 0 Å². The molecule has 0 aliphatic rings. The van der Waals surface area contributed by atoms with Gasteiger partial charge in [-0.2, -0.15) is 10.2 Å². The lowest BCUT2D eigenvalue weighted by Crippen LogP contribution is -2.33. The molecule has 2 N–H and O–H groups in total. The van der Waals surface area contributed by atoms with Crippen LogP contribution >= 0.6 is 0 Å². The fourth-order valence-electron chi connectivity index (χ4n) is 4.10. The van der Waals surface area contributed by atoms with Crippen LogP contribution in [0.5, 0.6) is 5.75 Å². The van der Waals surface area contributed by atoms with Crippen LogP contribution in [-0.4, -0.2) is 50.6 Å². The first-order valence-corrected chi connectivity index (χ1v) is 15.0. The lowest BCUT2D eigenvalue weighted by Gasteiger charge is -2.19. The highest BCUT2D eigenvalue weighted by molar-refractivity contribution is 5.94. The molecule has 3 rings (SSSR count). The van der Waals surface area contributed by atoms with Gasteiger partial charge in [-0.05, 0) is 99.8 Å². The van der Waals surface area contributed by atoms with Crippen LogP contribution in [0.25, 0.3) is 0 Å². The molecule has 0 bridgehead atoms. The van der Waals surface area contributed by atoms with E-state index in [9.17, 15) is 23.2 Å². The van der Waals surface area contributed by atoms with Crippen molar-refractivity contribution in [3.8, 4) is 5.75 Å². The number of alkyl carbamates (subject to hydrolysis) is 1. The first-order valence-electron chi connectivity index (χ1n) is 15.0. The monoisotopic (exact) mass is 637 g/mol. The van der Waals surface area contributed by atoms with Crippen molar-refractivity contribution < 1.29 is 32.6 Å². The number of ketones is 1. The van der Waals surface area contributed by atoms with Gasteiger partial charge in [0.25, 0.3) is 5.91 Å². The Hall–Kier alpha value is -4.87. The van der Waals surface area contributed by atoms with Crippen molar-refractivity contribution in [1.82, 2.24) is 10.6 Å². The van der Waals surface area contributed by atoms with Crippen LogP contribution in [0.15, 0.2) is 70.9 Å². The van der Waals surface area contributed by atoms with Gasteiger partial charge in [-0.1, -0.05) is 6.42 Å². The summed E-state index contributed by atoms with van der Waals surface area (Å²) in [5.41, 5.74) is 2.24. The Balaban J connectivity index is 1.40. The van der Waals surface area contributed by atoms with Crippen LogP contribution in [0.3, 0.4) is 0 Å². The first-order chi connectivity index (χ1) is 21.8. The molecule has 0 saturated heterocycles. The molecule has 2 amide bonds. The first kappa shape index (κ1) is 35.6. The quantitative estimate of drug-likeness (QED) is 0.132. The molecule has 0 fully saturated rings. The predicted molar refractivity (Wildman–Crippen MR) is 172 cm³/mol. The highest BCUT2D eigenvalue weighted by Gasteiger charge is 2.17. The Kier molecular flexibility index (Phi) is 13.2. The number of ether oxygens (including phenoxy) is 2. The van der Waals surface area contributed by atoms with Crippen molar-refractivity contribution in [1.29, 1.82) is 0 Å². The Morgan fingerprint density at radius 1 is 0.826 bits per heavy atom. The van der Waals surface area contributed by atoms with Gasteiger partial charge < -0.3 is 25.0 Å². The molecule has 0 aliphatic heterocycles. The fraction of sp³-hybridized carbons (Fsp3) is 0.382. The smallest absolute Gasteiger partial charge is 0.407 e. The number of benzene rings is 3. The average molecular weight is 638 g/mol. The number of hydrogen-bond donors (Lipinski definition) is 2. The van der Waals surface area contributed by atoms with Gasteiger partial charge in [-0.3, -0.25) is 9.59 Å². The lowest BCUT2D eigenvalue weighted by atomic mass is 10.1. The molecule has 0 aromatic heterocycles. The molecule has 246 valence electrons. The van der Waals surface area contributed by atoms with Crippen molar-refractivity contribution >= 4 is 34.8 Å². The van der Waals surface area contributed by atoms with E-state index in [0.717, 1.165) is 17.8 Å². The maximum absolute atomic E-state index is 14.6. The highest BCUT2D eigenvalue weighted by atomic mass is 19.1. The van der Waals surface area contributed by atoms with Crippen LogP contribution in [0.4, 0.5) is 30.6 Å². The molecule has 10 nitrogen and oxygen atoms in total. The van der Waals surface area contributed by atoms with Gasteiger partial charge in [-0.25, -0.2) is 13.6 Å². The van der Waals surface area contributed by atoms with E-state index in [4.69, 9.17) is 9.47 Å². The summed E-state index contributed by atoms with van der Waals surface area (Å²) in [6.45, 7) is 5.14. The summed E-state index contributed by atoms with van der Waals surface area (Å²) < 4.78 is 39.5. The number of anilines is 1. The van der Waals surface area contributed by atoms with E-state index in [1.807, 2.05) is 43.3 Å². The lowest BCUT2D eigenvalue weighted by molar-refractivity contribution is -0.121. The van der Waals surface area contributed by atoms with Gasteiger partial charge in [0.05, 0.1) is 11.4 Å². The number of amides is 2. The van der Waals surface area contributed by atoms with Gasteiger partial charge in [0.15, 0.2) is 23.2 Å². The molecular weight excluding hydrogens is 596 g/mol. The van der Waals surface area contributed by atoms with E-state index < -0.39 is 41.6 Å². The Bertz CT molecular complexity index is 1480. The Morgan fingerprint density at radius 3 is 1.98 bits per heavy atom. The van der Waals surface area contributed by atoms with E-state index in [0.29, 0.717) is 42.7 Å². The Labute approximate surface area is 268 Å². The fourth-order valence-corrected chi connectivity index (χ4v) is 4.10. The summed E-state index contributed by atoms with van der Waals surface area (Å²) in [6, 6.07) is 16.1. The molecule has 0 atom stereocenters. The highest BCUT2D eigenvalue weighted by Crippen LogP contribution is 2.24. The minimum atomic E-state index is -0.976. The maximum Gasteiger partial charge on any atom is 0.407 e. The summed E-state index contributed by atoms with van der Waals surface area (Å²) >= 11 is 0. The molecule has 3 aromatic rings. The van der Waals surface area contributed by atoms with Gasteiger partial charge in [0.2, 0.25) is 0 Å². The Morgan fingerprint density at radius 2 is 1.41 bits per heavy atom. The number of carbonyl (C=O) groups excluding carboxylic acids is 3. The topological polar surface area (TPSA) is 122 Å². The number of rotatable bonds is 15. The zero-order chi connectivity index (χ0) is 33.7. The molecule has 0 heterocycles. The second kappa shape index (κ2) is 17.0. The minimum Gasteiger partial charge on any atom is -0.480 e. The summed E-state index contributed by atoms with van der Waals surface area (Å²) in [5.74, 6) is -3.34. The van der Waals surface area contributed by atoms with Gasteiger partial charge in [0, 0.05) is 44.9 Å². The zero-order valence-electron chi connectivity index (χ0n) is 26.9. The van der Waals surface area contributed by atoms with Gasteiger partial charge in [0.1, 0.15) is 12.2 Å². The van der Waals surface area contributed by atoms with Crippen LogP contribution < -0.4 is 20.3 Å². The third kappa shape index (κ3) is 12.3. The summed E-state index contributed by atoms with van der Waals surface area (Å²) in [7, 11) is 3.90. The molecular formula is C34H41F2N5O5. The minimum absolute atomic E-state index is 0.126. The normalized spacial score (nSPS) is 11.3. The maximum atomic E-state index is 14.6. The number of unbranched alkanes of at least 4 members (excludes halogenated alkanes) is 2. The molecule has 3 aromatic carbocycles. The zero-order valence-corrected chi connectivity index (χ0v) is 26.9. The van der Waals surface area contributed by atoms with Crippen molar-refractivity contribution in [2.24, 2.45) is 10.2 Å². The molecule has 12 heteroatoms. The molecule has 0 unspecified atom stereocenters. The number of azo groups is 1. The largest absolute Gasteiger partial charge is 0.480 e. The number of nitrogens with zero attached hydrogens (tertiary/aromatic N) is 3. The van der Waals surface area contributed by atoms with Gasteiger partial charge in [-0.15, -0.1) is 0 Å². The average Bonchev–Trinajstić information content (AvgIpc) is 2.99. The van der Waals surface area contributed by atoms with Gasteiger partial charge >= 0.3 is 6.09 Å². The SMILES string of the molecule is CN(C)c1ccc(/N=N/c2ccc(C(=O)NCc3cc(F)c(OCC(=O)CCCCCNC(=O)OC(C)(C)C)c(F)c3)cc2)cc1. The molecule has 0 saturated carbocycles. The van der Waals surface area contributed by atoms with Crippen LogP contribution in [0, 0.1) is 11.6 Å². The molecule has 46 heavy (non-hydrogen) atoms. The van der Waals surface area contributed by atoms with Crippen LogP contribution in [-0.2, 0) is 16.1 Å². The number of halogens is 2. The number of carbonyl (C=O) groups is 3. The predicted octanol–water partition coefficient (Wildman–Crippen LogP) is 7.41. The standard InChI is InChI=1S/C34H41F2N5O5/c1-34(2,3)46-33(44)37-18-8-6-7-9-28(42)22-45-31-29(35)19-23(20-30(31)36)21-38-32(43)24-10-12-25(13-11-24)39-40-26-14-16-27(17-15-26)41(4)5/h10-17,19-20H,6-9,18,21-22H2,1-5H3,(H,37,44)(H,38,43)/b40-39+. The molecule has 0 spiro atoms. The molecule has 0 aliphatic carbocycles. The third-order valence-electron chi connectivity index (χ3n) is 6.47. The number of Topliss-reactive ketones (excluding diaryl/α,β-unsaturated/α-hetero) is 1. The van der Waals surface area contributed by atoms with E-state index in [2.05, 4.69) is 20.9 Å². The van der Waals surface area contributed by atoms with Crippen molar-refractivity contribution in [3.63, 3.8) is 0 Å². The number of nitrogens with one attached hydrogen (secondary N) is 2. The second-order valence-corrected chi connectivity index (χ2v) is 11.8. The third-order valence-corrected chi connectivity index (χ3v) is 6.47. The number of hydrogen-bond acceptors (Lipinski definition) is 8. The van der Waals surface area contributed by atoms with Crippen molar-refractivity contribution in [2.45, 2.75) is 58.6 Å². The summed E-state index contributed by atoms with van der Waals surface area (Å²) in [5, 5.41) is 13.7. The van der Waals surface area contributed by atoms with Crippen LogP contribution in [0.1, 0.15) is 62.4 Å². The summed E-state index contributed by atoms with van der Waals surface area (Å²) in [6.07, 6.45) is 1.54. The van der Waals surface area contributed by atoms with Crippen LogP contribution in [0.2, 0.25) is 0 Å². The van der Waals surface area contributed by atoms with E-state index in [1.54, 1.807) is 45.0 Å². The van der Waals surface area contributed by atoms with E-state index in [1.165, 1.54) is 0 Å². The van der Waals surface area contributed by atoms with Crippen molar-refractivity contribution in [2.75, 3.05) is 32.1 Å². The van der Waals surface area contributed by atoms with E-state index in [-0.39, 0.29) is 24.3 Å².